The first-order valence-electron chi connectivity index (χ1n) is 5.28. The van der Waals surface area contributed by atoms with Crippen LogP contribution in [0.3, 0.4) is 0 Å². The normalized spacial score (nSPS) is 9.12. The number of hydrogen-bond acceptors (Lipinski definition) is 3. The van der Waals surface area contributed by atoms with Crippen LogP contribution in [0.5, 0.6) is 0 Å². The predicted molar refractivity (Wildman–Crippen MR) is 65.8 cm³/mol. The second-order valence-corrected chi connectivity index (χ2v) is 3.30. The van der Waals surface area contributed by atoms with Gasteiger partial charge in [-0.25, -0.2) is 4.79 Å². The third kappa shape index (κ3) is 3.82. The van der Waals surface area contributed by atoms with Gasteiger partial charge in [0.05, 0.1) is 7.11 Å². The first-order chi connectivity index (χ1) is 8.21. The van der Waals surface area contributed by atoms with Crippen molar-refractivity contribution in [3.63, 3.8) is 0 Å². The fraction of sp³-hybridized carbons (Fsp3) is 0.308. The Morgan fingerprint density at radius 3 is 2.88 bits per heavy atom. The van der Waals surface area contributed by atoms with E-state index in [4.69, 9.17) is 5.11 Å². The predicted octanol–water partition coefficient (Wildman–Crippen LogP) is 1.77. The van der Waals surface area contributed by atoms with E-state index in [0.717, 1.165) is 17.5 Å². The van der Waals surface area contributed by atoms with Crippen LogP contribution in [-0.4, -0.2) is 24.9 Å². The van der Waals surface area contributed by atoms with Gasteiger partial charge in [-0.3, -0.25) is 5.32 Å². The van der Waals surface area contributed by atoms with Crippen LogP contribution in [0.2, 0.25) is 0 Å². The fourth-order valence-corrected chi connectivity index (χ4v) is 1.39. The van der Waals surface area contributed by atoms with Crippen molar-refractivity contribution in [2.75, 3.05) is 19.0 Å². The van der Waals surface area contributed by atoms with Crippen LogP contribution < -0.4 is 5.32 Å². The molecule has 17 heavy (non-hydrogen) atoms. The van der Waals surface area contributed by atoms with E-state index in [-0.39, 0.29) is 6.61 Å². The van der Waals surface area contributed by atoms with Gasteiger partial charge in [-0.1, -0.05) is 18.8 Å². The average Bonchev–Trinajstić information content (AvgIpc) is 2.37. The average molecular weight is 233 g/mol. The molecule has 90 valence electrons. The molecule has 0 aromatic heterocycles. The maximum atomic E-state index is 11.1. The molecule has 1 amide bonds. The molecule has 1 aromatic carbocycles. The van der Waals surface area contributed by atoms with Crippen molar-refractivity contribution in [1.29, 1.82) is 0 Å². The molecule has 0 fully saturated rings. The van der Waals surface area contributed by atoms with Gasteiger partial charge >= 0.3 is 6.09 Å². The quantitative estimate of drug-likeness (QED) is 0.765. The largest absolute Gasteiger partial charge is 0.453 e. The van der Waals surface area contributed by atoms with Crippen LogP contribution in [0, 0.1) is 11.8 Å². The van der Waals surface area contributed by atoms with Gasteiger partial charge in [0.1, 0.15) is 6.61 Å². The fourth-order valence-electron chi connectivity index (χ4n) is 1.39. The summed E-state index contributed by atoms with van der Waals surface area (Å²) in [5, 5.41) is 11.2. The molecule has 4 heteroatoms. The first kappa shape index (κ1) is 13.1. The third-order valence-electron chi connectivity index (χ3n) is 2.22. The maximum absolute atomic E-state index is 11.1. The summed E-state index contributed by atoms with van der Waals surface area (Å²) in [4.78, 5) is 11.1. The van der Waals surface area contributed by atoms with E-state index >= 15 is 0 Å². The zero-order chi connectivity index (χ0) is 12.7. The van der Waals surface area contributed by atoms with Gasteiger partial charge in [-0.05, 0) is 30.2 Å². The number of aliphatic hydroxyl groups is 1. The van der Waals surface area contributed by atoms with E-state index in [0.29, 0.717) is 5.69 Å². The highest BCUT2D eigenvalue weighted by atomic mass is 16.5. The van der Waals surface area contributed by atoms with Crippen LogP contribution in [0.25, 0.3) is 0 Å². The summed E-state index contributed by atoms with van der Waals surface area (Å²) in [6, 6.07) is 5.44. The summed E-state index contributed by atoms with van der Waals surface area (Å²) in [6.07, 6.45) is 0.280. The molecular formula is C13H15NO3. The van der Waals surface area contributed by atoms with Gasteiger partial charge in [-0.2, -0.15) is 0 Å². The summed E-state index contributed by atoms with van der Waals surface area (Å²) in [6.45, 7) is 1.82. The smallest absolute Gasteiger partial charge is 0.411 e. The molecule has 0 aliphatic heterocycles. The Kier molecular flexibility index (Phi) is 5.05. The number of anilines is 1. The lowest BCUT2D eigenvalue weighted by molar-refractivity contribution is 0.187. The molecule has 1 rings (SSSR count). The molecule has 0 aliphatic carbocycles. The molecule has 4 nitrogen and oxygen atoms in total. The van der Waals surface area contributed by atoms with E-state index in [1.165, 1.54) is 7.11 Å². The second-order valence-electron chi connectivity index (χ2n) is 3.30. The maximum Gasteiger partial charge on any atom is 0.411 e. The van der Waals surface area contributed by atoms with Crippen LogP contribution in [0.15, 0.2) is 18.2 Å². The molecule has 0 atom stereocenters. The van der Waals surface area contributed by atoms with Crippen molar-refractivity contribution in [3.05, 3.63) is 29.3 Å². The zero-order valence-electron chi connectivity index (χ0n) is 9.91. The minimum Gasteiger partial charge on any atom is -0.453 e. The number of carbonyl (C=O) groups excluding carboxylic acids is 1. The number of nitrogens with one attached hydrogen (secondary N) is 1. The highest BCUT2D eigenvalue weighted by Gasteiger charge is 2.05. The molecule has 0 saturated heterocycles. The van der Waals surface area contributed by atoms with Crippen LogP contribution in [0.1, 0.15) is 18.1 Å². The second kappa shape index (κ2) is 6.56. The summed E-state index contributed by atoms with van der Waals surface area (Å²) >= 11 is 0. The van der Waals surface area contributed by atoms with E-state index in [2.05, 4.69) is 21.9 Å². The van der Waals surface area contributed by atoms with Crippen molar-refractivity contribution < 1.29 is 14.6 Å². The standard InChI is InChI=1S/C13H15NO3/c1-3-11-9-10(5-4-8-15)6-7-12(11)14-13(16)17-2/h6-7,9,15H,3,8H2,1-2H3,(H,14,16). The van der Waals surface area contributed by atoms with Gasteiger partial charge in [-0.15, -0.1) is 0 Å². The van der Waals surface area contributed by atoms with Crippen LogP contribution >= 0.6 is 0 Å². The molecule has 0 bridgehead atoms. The van der Waals surface area contributed by atoms with Crippen LogP contribution in [-0.2, 0) is 11.2 Å². The SMILES string of the molecule is CCc1cc(C#CCO)ccc1NC(=O)OC. The Labute approximate surface area is 101 Å². The molecule has 0 aliphatic rings. The van der Waals surface area contributed by atoms with E-state index in [1.807, 2.05) is 13.0 Å². The molecule has 0 unspecified atom stereocenters. The lowest BCUT2D eigenvalue weighted by Gasteiger charge is -2.09. The third-order valence-corrected chi connectivity index (χ3v) is 2.22. The number of amides is 1. The Bertz CT molecular complexity index is 457. The number of rotatable bonds is 2. The number of ether oxygens (including phenoxy) is 1. The molecule has 0 radical (unpaired) electrons. The van der Waals surface area contributed by atoms with Gasteiger partial charge < -0.3 is 9.84 Å². The minimum atomic E-state index is -0.492. The lowest BCUT2D eigenvalue weighted by atomic mass is 10.1. The van der Waals surface area contributed by atoms with Gasteiger partial charge in [0, 0.05) is 11.3 Å². The minimum absolute atomic E-state index is 0.163. The Hall–Kier alpha value is -1.99. The molecular weight excluding hydrogens is 218 g/mol. The summed E-state index contributed by atoms with van der Waals surface area (Å²) in [7, 11) is 1.32. The summed E-state index contributed by atoms with van der Waals surface area (Å²) < 4.78 is 4.54. The summed E-state index contributed by atoms with van der Waals surface area (Å²) in [5.74, 6) is 5.40. The molecule has 2 N–H and O–H groups in total. The van der Waals surface area contributed by atoms with Crippen molar-refractivity contribution in [3.8, 4) is 11.8 Å². The number of aryl methyl sites for hydroxylation is 1. The number of carbonyl (C=O) groups is 1. The Morgan fingerprint density at radius 1 is 1.53 bits per heavy atom. The number of benzene rings is 1. The highest BCUT2D eigenvalue weighted by Crippen LogP contribution is 2.18. The number of aliphatic hydroxyl groups excluding tert-OH is 1. The Balaban J connectivity index is 2.96. The molecule has 0 heterocycles. The van der Waals surface area contributed by atoms with Crippen molar-refractivity contribution in [1.82, 2.24) is 0 Å². The van der Waals surface area contributed by atoms with E-state index < -0.39 is 6.09 Å². The molecule has 1 aromatic rings. The number of hydrogen-bond donors (Lipinski definition) is 2. The first-order valence-corrected chi connectivity index (χ1v) is 5.28. The van der Waals surface area contributed by atoms with E-state index in [9.17, 15) is 4.79 Å². The highest BCUT2D eigenvalue weighted by molar-refractivity contribution is 5.85. The van der Waals surface area contributed by atoms with Crippen LogP contribution in [0.4, 0.5) is 10.5 Å². The monoisotopic (exact) mass is 233 g/mol. The van der Waals surface area contributed by atoms with Crippen molar-refractivity contribution in [2.45, 2.75) is 13.3 Å². The zero-order valence-corrected chi connectivity index (χ0v) is 9.91. The molecule has 0 saturated carbocycles. The topological polar surface area (TPSA) is 58.6 Å². The van der Waals surface area contributed by atoms with Gasteiger partial charge in [0.25, 0.3) is 0 Å². The van der Waals surface area contributed by atoms with Gasteiger partial charge in [0.15, 0.2) is 0 Å². The Morgan fingerprint density at radius 2 is 2.29 bits per heavy atom. The lowest BCUT2D eigenvalue weighted by Crippen LogP contribution is -2.12. The molecule has 0 spiro atoms. The van der Waals surface area contributed by atoms with Crippen molar-refractivity contribution >= 4 is 11.8 Å². The van der Waals surface area contributed by atoms with E-state index in [1.54, 1.807) is 12.1 Å². The number of methoxy groups -OCH3 is 1. The van der Waals surface area contributed by atoms with Crippen molar-refractivity contribution in [2.24, 2.45) is 0 Å². The summed E-state index contributed by atoms with van der Waals surface area (Å²) in [5.41, 5.74) is 2.50. The van der Waals surface area contributed by atoms with Gasteiger partial charge in [0.2, 0.25) is 0 Å².